The van der Waals surface area contributed by atoms with E-state index in [0.717, 1.165) is 0 Å². The molecule has 1 aromatic carbocycles. The fourth-order valence-electron chi connectivity index (χ4n) is 3.37. The van der Waals surface area contributed by atoms with E-state index in [9.17, 15) is 18.5 Å². The summed E-state index contributed by atoms with van der Waals surface area (Å²) >= 11 is 6.02. The lowest BCUT2D eigenvalue weighted by molar-refractivity contribution is -0.0581. The van der Waals surface area contributed by atoms with Crippen molar-refractivity contribution in [2.24, 2.45) is 0 Å². The number of hydrogen-bond acceptors (Lipinski definition) is 8. The Kier molecular flexibility index (Phi) is 6.91. The maximum absolute atomic E-state index is 14.8. The molecule has 0 unspecified atom stereocenters. The first-order valence-electron chi connectivity index (χ1n) is 9.61. The number of imidazole rings is 1. The number of fused-ring (bicyclic) bond motifs is 1. The van der Waals surface area contributed by atoms with E-state index >= 15 is 0 Å². The lowest BCUT2D eigenvalue weighted by atomic mass is 10.1. The molecule has 3 heterocycles. The second-order valence-electron chi connectivity index (χ2n) is 7.27. The van der Waals surface area contributed by atoms with E-state index in [0.29, 0.717) is 5.56 Å². The number of ether oxygens (including phenoxy) is 2. The van der Waals surface area contributed by atoms with Gasteiger partial charge < -0.3 is 29.7 Å². The number of nitrogens with zero attached hydrogens (tertiary/aromatic N) is 4. The summed E-state index contributed by atoms with van der Waals surface area (Å²) in [5.41, 5.74) is 0.689. The highest BCUT2D eigenvalue weighted by Gasteiger charge is 2.46. The Morgan fingerprint density at radius 3 is 2.79 bits per heavy atom. The summed E-state index contributed by atoms with van der Waals surface area (Å²) in [7, 11) is -4.43. The number of benzene rings is 1. The third-order valence-corrected chi connectivity index (χ3v) is 5.60. The molecule has 0 bridgehead atoms. The third kappa shape index (κ3) is 5.30. The van der Waals surface area contributed by atoms with Gasteiger partial charge in [-0.05, 0) is 17.7 Å². The molecule has 178 valence electrons. The molecule has 1 aliphatic rings. The first-order chi connectivity index (χ1) is 15.6. The highest BCUT2D eigenvalue weighted by atomic mass is 35.5. The average molecular weight is 506 g/mol. The Labute approximate surface area is 190 Å². The maximum Gasteiger partial charge on any atom is 0.350 e. The quantitative estimate of drug-likeness (QED) is 0.264. The molecule has 1 fully saturated rings. The van der Waals surface area contributed by atoms with Crippen molar-refractivity contribution in [3.05, 3.63) is 47.3 Å². The second kappa shape index (κ2) is 9.55. The van der Waals surface area contributed by atoms with Crippen LogP contribution in [-0.2, 0) is 20.6 Å². The Morgan fingerprint density at radius 1 is 1.30 bits per heavy atom. The maximum atomic E-state index is 14.8. The van der Waals surface area contributed by atoms with Crippen LogP contribution in [0.15, 0.2) is 30.6 Å². The normalized spacial score (nSPS) is 23.3. The minimum atomic E-state index is -4.43. The molecule has 0 spiro atoms. The summed E-state index contributed by atoms with van der Waals surface area (Å²) in [6.07, 6.45) is -5.76. The second-order valence-corrected chi connectivity index (χ2v) is 9.20. The van der Waals surface area contributed by atoms with Gasteiger partial charge in [0.05, 0.1) is 12.9 Å². The number of rotatable bonds is 8. The molecule has 0 aliphatic carbocycles. The SMILES string of the molecule is O=P(O)(O)COC[C@H]1O[C@@H](n2cnc3c(NCc4ccccc4F)nc(Cl)nc32)[C@@H](F)[C@@H]1O. The molecule has 11 nitrogen and oxygen atoms in total. The number of nitrogens with one attached hydrogen (secondary N) is 1. The summed E-state index contributed by atoms with van der Waals surface area (Å²) in [5.74, 6) is -0.227. The van der Waals surface area contributed by atoms with Crippen molar-refractivity contribution in [1.29, 1.82) is 0 Å². The van der Waals surface area contributed by atoms with E-state index in [1.165, 1.54) is 17.0 Å². The number of aliphatic hydroxyl groups excluding tert-OH is 1. The van der Waals surface area contributed by atoms with Crippen LogP contribution in [0.25, 0.3) is 11.2 Å². The minimum Gasteiger partial charge on any atom is -0.387 e. The number of halogens is 3. The molecule has 33 heavy (non-hydrogen) atoms. The standard InChI is InChI=1S/C18H19ClF2N5O6P/c19-18-24-15(22-5-9-3-1-2-4-10(9)20)13-16(25-18)26(7-23-13)17-12(21)14(27)11(32-17)6-31-8-33(28,29)30/h1-4,7,11-12,14,17,27H,5-6,8H2,(H,22,24,25)(H2,28,29,30)/t11-,12+,14-,17-/m1/s1. The number of aliphatic hydroxyl groups is 1. The summed E-state index contributed by atoms with van der Waals surface area (Å²) < 4.78 is 51.2. The van der Waals surface area contributed by atoms with Crippen molar-refractivity contribution in [2.75, 3.05) is 18.3 Å². The molecule has 2 aromatic heterocycles. The molecule has 3 aromatic rings. The lowest BCUT2D eigenvalue weighted by Crippen LogP contribution is -2.31. The molecule has 0 saturated carbocycles. The zero-order valence-corrected chi connectivity index (χ0v) is 18.4. The lowest BCUT2D eigenvalue weighted by Gasteiger charge is -2.16. The van der Waals surface area contributed by atoms with E-state index in [-0.39, 0.29) is 28.8 Å². The number of aromatic nitrogens is 4. The van der Waals surface area contributed by atoms with Gasteiger partial charge in [0.25, 0.3) is 0 Å². The summed E-state index contributed by atoms with van der Waals surface area (Å²) in [4.78, 5) is 30.0. The van der Waals surface area contributed by atoms with Gasteiger partial charge in [0.2, 0.25) is 5.28 Å². The van der Waals surface area contributed by atoms with Gasteiger partial charge in [0.15, 0.2) is 29.4 Å². The molecular weight excluding hydrogens is 487 g/mol. The van der Waals surface area contributed by atoms with Gasteiger partial charge >= 0.3 is 7.60 Å². The van der Waals surface area contributed by atoms with Crippen molar-refractivity contribution < 1.29 is 37.7 Å². The Morgan fingerprint density at radius 2 is 2.06 bits per heavy atom. The van der Waals surface area contributed by atoms with E-state index < -0.39 is 51.0 Å². The van der Waals surface area contributed by atoms with Crippen LogP contribution in [0.3, 0.4) is 0 Å². The molecule has 4 rings (SSSR count). The van der Waals surface area contributed by atoms with E-state index in [1.54, 1.807) is 18.2 Å². The van der Waals surface area contributed by atoms with Crippen LogP contribution in [0.5, 0.6) is 0 Å². The topological polar surface area (TPSA) is 152 Å². The fourth-order valence-corrected chi connectivity index (χ4v) is 3.88. The molecule has 4 N–H and O–H groups in total. The Balaban J connectivity index is 1.55. The smallest absolute Gasteiger partial charge is 0.350 e. The van der Waals surface area contributed by atoms with Crippen molar-refractivity contribution in [3.63, 3.8) is 0 Å². The summed E-state index contributed by atoms with van der Waals surface area (Å²) in [6, 6.07) is 6.16. The van der Waals surface area contributed by atoms with Gasteiger partial charge in [-0.15, -0.1) is 0 Å². The molecule has 4 atom stereocenters. The van der Waals surface area contributed by atoms with Crippen LogP contribution in [0.2, 0.25) is 5.28 Å². The van der Waals surface area contributed by atoms with E-state index in [1.807, 2.05) is 0 Å². The van der Waals surface area contributed by atoms with Gasteiger partial charge in [-0.3, -0.25) is 9.13 Å². The highest BCUT2D eigenvalue weighted by molar-refractivity contribution is 7.51. The van der Waals surface area contributed by atoms with Crippen molar-refractivity contribution in [3.8, 4) is 0 Å². The van der Waals surface area contributed by atoms with Gasteiger partial charge in [-0.1, -0.05) is 18.2 Å². The zero-order chi connectivity index (χ0) is 23.8. The Bertz CT molecular complexity index is 1200. The molecule has 1 aliphatic heterocycles. The van der Waals surface area contributed by atoms with Crippen LogP contribution in [0, 0.1) is 5.82 Å². The number of anilines is 1. The molecule has 1 saturated heterocycles. The number of alkyl halides is 1. The van der Waals surface area contributed by atoms with Crippen molar-refractivity contribution >= 4 is 36.2 Å². The molecule has 0 radical (unpaired) electrons. The van der Waals surface area contributed by atoms with Crippen molar-refractivity contribution in [2.45, 2.75) is 31.2 Å². The predicted octanol–water partition coefficient (Wildman–Crippen LogP) is 1.98. The zero-order valence-electron chi connectivity index (χ0n) is 16.8. The third-order valence-electron chi connectivity index (χ3n) is 4.91. The molecular formula is C18H19ClF2N5O6P. The fraction of sp³-hybridized carbons (Fsp3) is 0.389. The average Bonchev–Trinajstić information content (AvgIpc) is 3.28. The van der Waals surface area contributed by atoms with Gasteiger partial charge in [0, 0.05) is 12.1 Å². The molecule has 0 amide bonds. The summed E-state index contributed by atoms with van der Waals surface area (Å²) in [5, 5.41) is 12.9. The van der Waals surface area contributed by atoms with Gasteiger partial charge in [-0.25, -0.2) is 13.8 Å². The minimum absolute atomic E-state index is 0.0747. The van der Waals surface area contributed by atoms with E-state index in [4.69, 9.17) is 30.9 Å². The van der Waals surface area contributed by atoms with Crippen LogP contribution < -0.4 is 5.32 Å². The number of hydrogen-bond donors (Lipinski definition) is 4. The largest absolute Gasteiger partial charge is 0.387 e. The van der Waals surface area contributed by atoms with Crippen LogP contribution in [-0.4, -0.2) is 65.7 Å². The van der Waals surface area contributed by atoms with Crippen LogP contribution >= 0.6 is 19.2 Å². The van der Waals surface area contributed by atoms with Gasteiger partial charge in [-0.2, -0.15) is 9.97 Å². The Hall–Kier alpha value is -2.25. The predicted molar refractivity (Wildman–Crippen MR) is 112 cm³/mol. The monoisotopic (exact) mass is 505 g/mol. The van der Waals surface area contributed by atoms with Crippen LogP contribution in [0.4, 0.5) is 14.6 Å². The van der Waals surface area contributed by atoms with Crippen molar-refractivity contribution in [1.82, 2.24) is 19.5 Å². The van der Waals surface area contributed by atoms with Crippen LogP contribution in [0.1, 0.15) is 11.8 Å². The first kappa shape index (κ1) is 23.9. The first-order valence-corrected chi connectivity index (χ1v) is 11.8. The highest BCUT2D eigenvalue weighted by Crippen LogP contribution is 2.37. The molecule has 15 heteroatoms. The summed E-state index contributed by atoms with van der Waals surface area (Å²) in [6.45, 7) is -0.369. The van der Waals surface area contributed by atoms with Gasteiger partial charge in [0.1, 0.15) is 24.4 Å². The van der Waals surface area contributed by atoms with E-state index in [2.05, 4.69) is 20.3 Å².